The van der Waals surface area contributed by atoms with E-state index in [1.54, 1.807) is 11.8 Å². The molecule has 1 aliphatic heterocycles. The molecule has 0 unspecified atom stereocenters. The summed E-state index contributed by atoms with van der Waals surface area (Å²) in [5.41, 5.74) is 0.502. The number of allylic oxidation sites excluding steroid dienone is 1. The van der Waals surface area contributed by atoms with Gasteiger partial charge in [-0.15, -0.1) is 11.8 Å². The van der Waals surface area contributed by atoms with Crippen LogP contribution in [0, 0.1) is 0 Å². The van der Waals surface area contributed by atoms with E-state index in [-0.39, 0.29) is 18.8 Å². The Labute approximate surface area is 206 Å². The van der Waals surface area contributed by atoms with Crippen LogP contribution in [0.3, 0.4) is 0 Å². The van der Waals surface area contributed by atoms with Crippen LogP contribution in [-0.2, 0) is 18.9 Å². The SMILES string of the molecule is CSCOC(C)=C(CCC(OCC(Cl)(Cl)Cl)OCC(Cl)(Cl)Cl)C1=NC(C)(C)CO1. The van der Waals surface area contributed by atoms with Gasteiger partial charge < -0.3 is 18.9 Å². The largest absolute Gasteiger partial charge is 0.487 e. The smallest absolute Gasteiger partial charge is 0.216 e. The van der Waals surface area contributed by atoms with Gasteiger partial charge in [0.15, 0.2) is 6.29 Å². The van der Waals surface area contributed by atoms with Crippen molar-refractivity contribution in [1.29, 1.82) is 0 Å². The van der Waals surface area contributed by atoms with Crippen LogP contribution in [0.1, 0.15) is 33.6 Å². The molecule has 170 valence electrons. The third-order valence-corrected chi connectivity index (χ3v) is 4.55. The molecule has 1 rings (SSSR count). The van der Waals surface area contributed by atoms with Crippen molar-refractivity contribution >= 4 is 87.3 Å². The molecule has 1 heterocycles. The molecule has 1 aliphatic rings. The Bertz CT molecular complexity index is 571. The Hall–Kier alpha value is 1.02. The van der Waals surface area contributed by atoms with Crippen molar-refractivity contribution in [2.75, 3.05) is 32.0 Å². The second kappa shape index (κ2) is 12.3. The van der Waals surface area contributed by atoms with Gasteiger partial charge in [-0.2, -0.15) is 0 Å². The summed E-state index contributed by atoms with van der Waals surface area (Å²) in [6.07, 6.45) is 2.02. The fourth-order valence-corrected chi connectivity index (χ4v) is 2.93. The van der Waals surface area contributed by atoms with Crippen LogP contribution in [0.5, 0.6) is 0 Å². The van der Waals surface area contributed by atoms with Crippen molar-refractivity contribution in [2.24, 2.45) is 4.99 Å². The number of rotatable bonds is 11. The molecule has 0 spiro atoms. The van der Waals surface area contributed by atoms with Crippen molar-refractivity contribution in [3.8, 4) is 0 Å². The average Bonchev–Trinajstić information content (AvgIpc) is 2.92. The van der Waals surface area contributed by atoms with E-state index in [0.29, 0.717) is 37.0 Å². The molecule has 0 fully saturated rings. The lowest BCUT2D eigenvalue weighted by molar-refractivity contribution is -0.143. The molecule has 0 aliphatic carbocycles. The van der Waals surface area contributed by atoms with Gasteiger partial charge >= 0.3 is 0 Å². The Kier molecular flexibility index (Phi) is 11.9. The molecular weight excluding hydrogens is 527 g/mol. The first-order valence-corrected chi connectivity index (χ1v) is 12.3. The minimum Gasteiger partial charge on any atom is -0.487 e. The highest BCUT2D eigenvalue weighted by atomic mass is 35.6. The summed E-state index contributed by atoms with van der Waals surface area (Å²) in [7, 11) is 0. The summed E-state index contributed by atoms with van der Waals surface area (Å²) in [5.74, 6) is 1.75. The standard InChI is InChI=1S/C17H25Cl6NO4S/c1-11(28-10-29-4)12(14-24-15(2,3)7-27-14)5-6-13(25-8-16(18,19)20)26-9-17(21,22)23/h13H,5-10H2,1-4H3. The maximum Gasteiger partial charge on any atom is 0.216 e. The van der Waals surface area contributed by atoms with E-state index in [2.05, 4.69) is 4.99 Å². The number of aliphatic imine (C=N–C) groups is 1. The van der Waals surface area contributed by atoms with Gasteiger partial charge in [-0.05, 0) is 33.4 Å². The fourth-order valence-electron chi connectivity index (χ4n) is 2.26. The molecule has 0 aromatic rings. The van der Waals surface area contributed by atoms with Crippen LogP contribution in [0.25, 0.3) is 0 Å². The Morgan fingerprint density at radius 2 is 1.69 bits per heavy atom. The van der Waals surface area contributed by atoms with Crippen molar-refractivity contribution < 1.29 is 18.9 Å². The molecule has 12 heteroatoms. The summed E-state index contributed by atoms with van der Waals surface area (Å²) in [6.45, 7) is 5.96. The molecule has 5 nitrogen and oxygen atoms in total. The molecule has 0 saturated heterocycles. The number of thioether (sulfide) groups is 1. The van der Waals surface area contributed by atoms with E-state index in [4.69, 9.17) is 88.6 Å². The van der Waals surface area contributed by atoms with Gasteiger partial charge in [0, 0.05) is 6.42 Å². The number of hydrogen-bond donors (Lipinski definition) is 0. The topological polar surface area (TPSA) is 49.3 Å². The van der Waals surface area contributed by atoms with Crippen LogP contribution in [0.4, 0.5) is 0 Å². The Balaban J connectivity index is 2.92. The van der Waals surface area contributed by atoms with Gasteiger partial charge in [0.2, 0.25) is 13.5 Å². The highest BCUT2D eigenvalue weighted by Crippen LogP contribution is 2.31. The minimum absolute atomic E-state index is 0.187. The number of ether oxygens (including phenoxy) is 4. The van der Waals surface area contributed by atoms with Crippen molar-refractivity contribution in [2.45, 2.75) is 53.0 Å². The Morgan fingerprint density at radius 3 is 2.10 bits per heavy atom. The van der Waals surface area contributed by atoms with Crippen LogP contribution in [0.2, 0.25) is 0 Å². The highest BCUT2D eigenvalue weighted by molar-refractivity contribution is 7.98. The normalized spacial score (nSPS) is 17.8. The molecule has 0 radical (unpaired) electrons. The summed E-state index contributed by atoms with van der Waals surface area (Å²) in [6, 6.07) is 0. The zero-order valence-corrected chi connectivity index (χ0v) is 21.9. The zero-order valence-electron chi connectivity index (χ0n) is 16.6. The summed E-state index contributed by atoms with van der Waals surface area (Å²) in [5, 5.41) is 0. The van der Waals surface area contributed by atoms with Crippen LogP contribution >= 0.6 is 81.4 Å². The lowest BCUT2D eigenvalue weighted by Gasteiger charge is -2.23. The van der Waals surface area contributed by atoms with Gasteiger partial charge in [0.25, 0.3) is 0 Å². The van der Waals surface area contributed by atoms with Crippen LogP contribution in [0.15, 0.2) is 16.3 Å². The molecule has 0 aromatic heterocycles. The molecule has 0 atom stereocenters. The third-order valence-electron chi connectivity index (χ3n) is 3.54. The highest BCUT2D eigenvalue weighted by Gasteiger charge is 2.31. The molecule has 0 N–H and O–H groups in total. The van der Waals surface area contributed by atoms with Crippen molar-refractivity contribution in [1.82, 2.24) is 0 Å². The predicted octanol–water partition coefficient (Wildman–Crippen LogP) is 6.68. The number of halogens is 6. The molecule has 0 saturated carbocycles. The van der Waals surface area contributed by atoms with Gasteiger partial charge in [0.1, 0.15) is 18.3 Å². The van der Waals surface area contributed by atoms with E-state index in [0.717, 1.165) is 5.57 Å². The monoisotopic (exact) mass is 549 g/mol. The lowest BCUT2D eigenvalue weighted by Crippen LogP contribution is -2.27. The molecule has 29 heavy (non-hydrogen) atoms. The lowest BCUT2D eigenvalue weighted by atomic mass is 10.1. The first-order valence-electron chi connectivity index (χ1n) is 8.63. The molecular formula is C17H25Cl6NO4S. The summed E-state index contributed by atoms with van der Waals surface area (Å²) >= 11 is 36.2. The molecule has 0 amide bonds. The first kappa shape index (κ1) is 28.1. The van der Waals surface area contributed by atoms with Gasteiger partial charge in [-0.3, -0.25) is 0 Å². The van der Waals surface area contributed by atoms with Crippen LogP contribution < -0.4 is 0 Å². The summed E-state index contributed by atoms with van der Waals surface area (Å²) in [4.78, 5) is 4.64. The van der Waals surface area contributed by atoms with Gasteiger partial charge in [-0.1, -0.05) is 69.6 Å². The maximum absolute atomic E-state index is 5.79. The Morgan fingerprint density at radius 1 is 1.14 bits per heavy atom. The van der Waals surface area contributed by atoms with E-state index < -0.39 is 13.9 Å². The van der Waals surface area contributed by atoms with E-state index in [9.17, 15) is 0 Å². The zero-order chi connectivity index (χ0) is 22.3. The predicted molar refractivity (Wildman–Crippen MR) is 125 cm³/mol. The van der Waals surface area contributed by atoms with Crippen molar-refractivity contribution in [3.63, 3.8) is 0 Å². The average molecular weight is 552 g/mol. The van der Waals surface area contributed by atoms with Gasteiger partial charge in [0.05, 0.1) is 24.3 Å². The third kappa shape index (κ3) is 12.6. The second-order valence-corrected chi connectivity index (χ2v) is 12.8. The maximum atomic E-state index is 5.79. The molecule has 0 aromatic carbocycles. The minimum atomic E-state index is -1.60. The van der Waals surface area contributed by atoms with E-state index in [1.165, 1.54) is 0 Å². The number of alkyl halides is 6. The second-order valence-electron chi connectivity index (χ2n) is 6.92. The summed E-state index contributed by atoms with van der Waals surface area (Å²) < 4.78 is 19.5. The number of nitrogens with zero attached hydrogens (tertiary/aromatic N) is 1. The first-order chi connectivity index (χ1) is 13.2. The van der Waals surface area contributed by atoms with Gasteiger partial charge in [-0.25, -0.2) is 4.99 Å². The fraction of sp³-hybridized carbons (Fsp3) is 0.824. The van der Waals surface area contributed by atoms with Crippen LogP contribution in [-0.4, -0.2) is 57.3 Å². The van der Waals surface area contributed by atoms with E-state index in [1.807, 2.05) is 27.0 Å². The van der Waals surface area contributed by atoms with E-state index >= 15 is 0 Å². The quantitative estimate of drug-likeness (QED) is 0.163. The number of hydrogen-bond acceptors (Lipinski definition) is 6. The van der Waals surface area contributed by atoms with Crippen molar-refractivity contribution in [3.05, 3.63) is 11.3 Å². The molecule has 0 bridgehead atoms.